The summed E-state index contributed by atoms with van der Waals surface area (Å²) >= 11 is 0. The topological polar surface area (TPSA) is 91.3 Å². The Balaban J connectivity index is 2.33. The number of benzene rings is 2. The molecule has 0 aromatic heterocycles. The summed E-state index contributed by atoms with van der Waals surface area (Å²) in [6, 6.07) is 12.8. The molecule has 0 bridgehead atoms. The lowest BCUT2D eigenvalue weighted by Gasteiger charge is -2.15. The van der Waals surface area contributed by atoms with Crippen LogP contribution in [0.1, 0.15) is 29.8 Å². The van der Waals surface area contributed by atoms with Gasteiger partial charge in [0.15, 0.2) is 5.78 Å². The Bertz CT molecular complexity index is 743. The number of hydrogen-bond donors (Lipinski definition) is 1. The second-order valence-corrected chi connectivity index (χ2v) is 5.02. The second-order valence-electron chi connectivity index (χ2n) is 5.02. The summed E-state index contributed by atoms with van der Waals surface area (Å²) in [5, 5.41) is 9.57. The fraction of sp³-hybridized carbons (Fsp3) is 0.263. The minimum absolute atomic E-state index is 0.0431. The predicted molar refractivity (Wildman–Crippen MR) is 92.2 cm³/mol. The summed E-state index contributed by atoms with van der Waals surface area (Å²) < 4.78 is 19.9. The van der Waals surface area contributed by atoms with Crippen molar-refractivity contribution in [2.75, 3.05) is 13.2 Å². The normalized spacial score (nSPS) is 11.5. The molecule has 0 spiro atoms. The number of rotatable bonds is 8. The van der Waals surface area contributed by atoms with Crippen LogP contribution < -0.4 is 9.47 Å². The molecule has 7 nitrogen and oxygen atoms in total. The highest BCUT2D eigenvalue weighted by atomic mass is 16.8. The van der Waals surface area contributed by atoms with Crippen molar-refractivity contribution in [1.29, 1.82) is 0 Å². The zero-order chi connectivity index (χ0) is 18.9. The van der Waals surface area contributed by atoms with Crippen LogP contribution in [-0.4, -0.2) is 36.7 Å². The third-order valence-corrected chi connectivity index (χ3v) is 3.24. The first kappa shape index (κ1) is 19.4. The predicted octanol–water partition coefficient (Wildman–Crippen LogP) is 3.14. The fourth-order valence-electron chi connectivity index (χ4n) is 2.12. The van der Waals surface area contributed by atoms with Crippen molar-refractivity contribution >= 4 is 11.9 Å². The summed E-state index contributed by atoms with van der Waals surface area (Å²) in [5.74, 6) is -0.213. The van der Waals surface area contributed by atoms with E-state index in [1.807, 2.05) is 0 Å². The van der Waals surface area contributed by atoms with Gasteiger partial charge in [0, 0.05) is 11.6 Å². The number of carbonyl (C=O) groups is 2. The SMILES string of the molecule is CCOC(=O)Oc1cc(OC(O)OCC)ccc1C(=O)c1ccccc1. The Morgan fingerprint density at radius 1 is 1.04 bits per heavy atom. The zero-order valence-corrected chi connectivity index (χ0v) is 14.5. The molecule has 1 atom stereocenters. The van der Waals surface area contributed by atoms with E-state index in [0.717, 1.165) is 0 Å². The van der Waals surface area contributed by atoms with E-state index in [9.17, 15) is 14.7 Å². The molecule has 0 saturated carbocycles. The van der Waals surface area contributed by atoms with Crippen LogP contribution in [0.15, 0.2) is 48.5 Å². The highest BCUT2D eigenvalue weighted by molar-refractivity contribution is 6.11. The number of aliphatic hydroxyl groups is 1. The van der Waals surface area contributed by atoms with E-state index in [4.69, 9.17) is 18.9 Å². The van der Waals surface area contributed by atoms with Crippen molar-refractivity contribution in [3.8, 4) is 11.5 Å². The van der Waals surface area contributed by atoms with E-state index in [0.29, 0.717) is 5.56 Å². The molecule has 138 valence electrons. The average molecular weight is 360 g/mol. The van der Waals surface area contributed by atoms with Gasteiger partial charge >= 0.3 is 12.6 Å². The van der Waals surface area contributed by atoms with Crippen molar-refractivity contribution in [2.45, 2.75) is 20.3 Å². The largest absolute Gasteiger partial charge is 0.513 e. The van der Waals surface area contributed by atoms with Gasteiger partial charge in [-0.2, -0.15) is 0 Å². The second kappa shape index (κ2) is 9.55. The minimum Gasteiger partial charge on any atom is -0.441 e. The highest BCUT2D eigenvalue weighted by Gasteiger charge is 2.19. The molecule has 0 aliphatic rings. The molecule has 1 N–H and O–H groups in total. The lowest BCUT2D eigenvalue weighted by Crippen LogP contribution is -2.20. The van der Waals surface area contributed by atoms with Crippen molar-refractivity contribution in [2.24, 2.45) is 0 Å². The smallest absolute Gasteiger partial charge is 0.441 e. The first-order valence-corrected chi connectivity index (χ1v) is 8.09. The minimum atomic E-state index is -1.48. The van der Waals surface area contributed by atoms with Gasteiger partial charge in [-0.05, 0) is 26.0 Å². The van der Waals surface area contributed by atoms with Crippen LogP contribution in [0.3, 0.4) is 0 Å². The van der Waals surface area contributed by atoms with Gasteiger partial charge in [-0.25, -0.2) is 4.79 Å². The summed E-state index contributed by atoms with van der Waals surface area (Å²) in [5.41, 5.74) is 0.590. The van der Waals surface area contributed by atoms with Crippen LogP contribution in [0.5, 0.6) is 11.5 Å². The van der Waals surface area contributed by atoms with Crippen molar-refractivity contribution in [3.63, 3.8) is 0 Å². The summed E-state index contributed by atoms with van der Waals surface area (Å²) in [6.45, 7) is 2.22. The van der Waals surface area contributed by atoms with E-state index in [1.54, 1.807) is 44.2 Å². The Kier molecular flexibility index (Phi) is 7.13. The van der Waals surface area contributed by atoms with Crippen LogP contribution in [0.4, 0.5) is 4.79 Å². The maximum Gasteiger partial charge on any atom is 0.513 e. The zero-order valence-electron chi connectivity index (χ0n) is 14.5. The van der Waals surface area contributed by atoms with Crippen molar-refractivity contribution in [1.82, 2.24) is 0 Å². The molecule has 7 heteroatoms. The third kappa shape index (κ3) is 5.30. The number of carbonyl (C=O) groups excluding carboxylic acids is 2. The fourth-order valence-corrected chi connectivity index (χ4v) is 2.12. The van der Waals surface area contributed by atoms with Gasteiger partial charge in [0.25, 0.3) is 0 Å². The van der Waals surface area contributed by atoms with E-state index < -0.39 is 12.6 Å². The molecule has 2 aromatic rings. The molecule has 0 radical (unpaired) electrons. The van der Waals surface area contributed by atoms with Gasteiger partial charge in [0.2, 0.25) is 0 Å². The number of hydrogen-bond acceptors (Lipinski definition) is 7. The molecule has 0 fully saturated rings. The Morgan fingerprint density at radius 2 is 1.77 bits per heavy atom. The van der Waals surface area contributed by atoms with Crippen LogP contribution in [0.2, 0.25) is 0 Å². The molecule has 1 unspecified atom stereocenters. The van der Waals surface area contributed by atoms with Crippen molar-refractivity contribution < 1.29 is 33.6 Å². The quantitative estimate of drug-likeness (QED) is 0.335. The first-order chi connectivity index (χ1) is 12.5. The summed E-state index contributed by atoms with van der Waals surface area (Å²) in [7, 11) is 0. The molecule has 2 aromatic carbocycles. The molecule has 0 aliphatic heterocycles. The van der Waals surface area contributed by atoms with Gasteiger partial charge in [0.05, 0.1) is 18.8 Å². The van der Waals surface area contributed by atoms with Crippen LogP contribution in [0, 0.1) is 0 Å². The Labute approximate surface area is 151 Å². The van der Waals surface area contributed by atoms with Gasteiger partial charge in [-0.15, -0.1) is 0 Å². The molecule has 0 heterocycles. The van der Waals surface area contributed by atoms with Crippen molar-refractivity contribution in [3.05, 3.63) is 59.7 Å². The molecular formula is C19H20O7. The molecule has 2 rings (SSSR count). The molecule has 26 heavy (non-hydrogen) atoms. The third-order valence-electron chi connectivity index (χ3n) is 3.24. The summed E-state index contributed by atoms with van der Waals surface area (Å²) in [4.78, 5) is 24.4. The standard InChI is InChI=1S/C19H20O7/c1-3-23-18(21)25-14-10-11-15(16(12-14)26-19(22)24-4-2)17(20)13-8-6-5-7-9-13/h5-12,18,21H,3-4H2,1-2H3. The van der Waals surface area contributed by atoms with E-state index in [1.165, 1.54) is 18.2 Å². The van der Waals surface area contributed by atoms with Gasteiger partial charge in [-0.3, -0.25) is 4.79 Å². The van der Waals surface area contributed by atoms with E-state index in [2.05, 4.69) is 0 Å². The van der Waals surface area contributed by atoms with E-state index in [-0.39, 0.29) is 36.1 Å². The maximum atomic E-state index is 12.7. The first-order valence-electron chi connectivity index (χ1n) is 8.09. The Morgan fingerprint density at radius 3 is 2.42 bits per heavy atom. The molecule has 0 aliphatic carbocycles. The lowest BCUT2D eigenvalue weighted by atomic mass is 10.0. The highest BCUT2D eigenvalue weighted by Crippen LogP contribution is 2.28. The summed E-state index contributed by atoms with van der Waals surface area (Å²) in [6.07, 6.45) is -0.947. The lowest BCUT2D eigenvalue weighted by molar-refractivity contribution is -0.213. The van der Waals surface area contributed by atoms with Gasteiger partial charge < -0.3 is 24.1 Å². The number of aliphatic hydroxyl groups excluding tert-OH is 1. The van der Waals surface area contributed by atoms with Gasteiger partial charge in [-0.1, -0.05) is 30.3 Å². The molecule has 0 amide bonds. The van der Waals surface area contributed by atoms with Crippen LogP contribution in [0.25, 0.3) is 0 Å². The molecule has 0 saturated heterocycles. The van der Waals surface area contributed by atoms with Crippen LogP contribution >= 0.6 is 0 Å². The maximum absolute atomic E-state index is 12.7. The van der Waals surface area contributed by atoms with E-state index >= 15 is 0 Å². The van der Waals surface area contributed by atoms with Gasteiger partial charge in [0.1, 0.15) is 11.5 Å². The van der Waals surface area contributed by atoms with Crippen LogP contribution in [-0.2, 0) is 9.47 Å². The average Bonchev–Trinajstić information content (AvgIpc) is 2.62. The Hall–Kier alpha value is -2.90. The number of ketones is 1. The monoisotopic (exact) mass is 360 g/mol. The molecular weight excluding hydrogens is 340 g/mol. The number of ether oxygens (including phenoxy) is 4.